The summed E-state index contributed by atoms with van der Waals surface area (Å²) in [4.78, 5) is 0. The Labute approximate surface area is 825 Å². The van der Waals surface area contributed by atoms with Crippen molar-refractivity contribution in [2.24, 2.45) is 11.8 Å². The standard InChI is InChI=1S/2C23H36O3P6.2C23H37O2P5.2C2H6/c2*1-2-3-4-12-17-21(24-27)18-13-7-5-6-8-14-19-22(26-32(29)30)23(25-31-28)20-15-10-9-11-16-20;2*1-4-6-8-14-17-21(3)23(24-29-26)20-16-12-10-9-11-15-19-22(25-30(27)28)18-13-7-5-2;2*1-2/h2*4-16,18-19,21-23,31H,2-3,17,27-30H2,1H3;2*8,10,12,14-16,19-23,29H,4-6,17-18,26-28H2,1-3H3;2*1-2H3/b7-5-,8-6+,12-4-,18-13+,19-14+;;12-10+,14-8-,19-15+,20-16+;;;. The molecule has 0 N–H and O–H groups in total. The van der Waals surface area contributed by atoms with Crippen LogP contribution in [0.2, 0.25) is 0 Å². The number of benzene rings is 2. The molecule has 2 aromatic carbocycles. The zero-order valence-electron chi connectivity index (χ0n) is 77.8. The van der Waals surface area contributed by atoms with Crippen LogP contribution in [-0.4, -0.2) is 48.8 Å². The molecule has 0 spiro atoms. The highest BCUT2D eigenvalue weighted by Crippen LogP contribution is 2.58. The summed E-state index contributed by atoms with van der Waals surface area (Å²) in [6.45, 7) is 25.3. The second-order valence-corrected chi connectivity index (χ2v) is 54.7. The van der Waals surface area contributed by atoms with Crippen LogP contribution in [-0.2, 0) is 45.2 Å². The van der Waals surface area contributed by atoms with Gasteiger partial charge < -0.3 is 45.2 Å². The van der Waals surface area contributed by atoms with E-state index in [2.05, 4.69) is 312 Å². The van der Waals surface area contributed by atoms with Crippen LogP contribution in [0.3, 0.4) is 0 Å². The molecule has 30 atom stereocenters. The summed E-state index contributed by atoms with van der Waals surface area (Å²) in [5.74, 6) is 25.4. The Hall–Kier alpha value is 1.06. The SMILES string of the molecule is CC.CC.CCC#CCC(/C=C/C#C/C=C/C=C/C(OPP)C(C)C/C=C\CCC)OP(P)P.CCC#CCC(C=CC#CC=CC=CC(OPP)C(C)CC=CCCC)OP(P)P.CCC/C=C\CC(/C=C/C=C\C=C\C=C\C(OP(P)P)C(OPP)c1ccccc1)OP.CCCC=CCC(C=CC=CC=CC=CC(OP(P)P)C(OPP)c1ccccc1)OP. The van der Waals surface area contributed by atoms with Crippen molar-refractivity contribution in [3.05, 3.63) is 291 Å². The molecular weight excluding hydrogens is 1990 g/mol. The first-order chi connectivity index (χ1) is 62.3. The number of unbranched alkanes of at least 4 members (excludes halogenated alkanes) is 4. The maximum absolute atomic E-state index is 6.14. The number of allylic oxidation sites excluding steroid dienone is 26. The van der Waals surface area contributed by atoms with E-state index in [4.69, 9.17) is 45.2 Å². The molecule has 0 saturated carbocycles. The van der Waals surface area contributed by atoms with Crippen LogP contribution in [0.5, 0.6) is 0 Å². The van der Waals surface area contributed by atoms with Gasteiger partial charge in [-0.05, 0) is 111 Å². The van der Waals surface area contributed by atoms with Gasteiger partial charge in [0.25, 0.3) is 0 Å². The van der Waals surface area contributed by atoms with Crippen LogP contribution >= 0.6 is 190 Å². The maximum Gasteiger partial charge on any atom is 0.117 e. The fourth-order valence-electron chi connectivity index (χ4n) is 9.92. The minimum atomic E-state index is -0.688. The van der Waals surface area contributed by atoms with Crippen molar-refractivity contribution in [2.45, 2.75) is 247 Å². The molecule has 0 aliphatic carbocycles. The molecule has 0 aliphatic rings. The molecule has 0 bridgehead atoms. The van der Waals surface area contributed by atoms with Gasteiger partial charge in [0.2, 0.25) is 0 Å². The molecule has 0 aromatic heterocycles. The van der Waals surface area contributed by atoms with Gasteiger partial charge in [-0.25, -0.2) is 0 Å². The highest BCUT2D eigenvalue weighted by Gasteiger charge is 2.25. The van der Waals surface area contributed by atoms with Crippen molar-refractivity contribution < 1.29 is 45.2 Å². The van der Waals surface area contributed by atoms with E-state index >= 15 is 0 Å². The number of hydrogen-bond donors (Lipinski definition) is 0. The Morgan fingerprint density at radius 1 is 0.312 bits per heavy atom. The highest BCUT2D eigenvalue weighted by atomic mass is 32.4. The Kier molecular flexibility index (Phi) is 113. The number of rotatable bonds is 58. The van der Waals surface area contributed by atoms with Crippen molar-refractivity contribution in [2.75, 3.05) is 0 Å². The van der Waals surface area contributed by atoms with Gasteiger partial charge in [-0.1, -0.05) is 483 Å². The normalized spacial score (nSPS) is 15.4. The third-order valence-corrected chi connectivity index (χ3v) is 24.9. The molecule has 2 rings (SSSR count). The lowest BCUT2D eigenvalue weighted by atomic mass is 10.00. The predicted molar refractivity (Wildman–Crippen MR) is 641 cm³/mol. The third kappa shape index (κ3) is 88.5. The molecular formula is C96H158O10P22. The van der Waals surface area contributed by atoms with Gasteiger partial charge in [-0.15, -0.1) is 23.7 Å². The van der Waals surface area contributed by atoms with E-state index < -0.39 is 30.1 Å². The molecule has 128 heavy (non-hydrogen) atoms. The molecule has 0 heterocycles. The van der Waals surface area contributed by atoms with Crippen LogP contribution in [0, 0.1) is 59.2 Å². The molecule has 2 aromatic rings. The molecule has 0 fully saturated rings. The quantitative estimate of drug-likeness (QED) is 0.0276. The van der Waals surface area contributed by atoms with Crippen LogP contribution in [0.25, 0.3) is 0 Å². The van der Waals surface area contributed by atoms with E-state index in [1.807, 2.05) is 224 Å². The van der Waals surface area contributed by atoms with Crippen molar-refractivity contribution in [1.82, 2.24) is 0 Å². The average Bonchev–Trinajstić information content (AvgIpc) is 0.861. The minimum Gasteiger partial charge on any atom is -0.358 e. The van der Waals surface area contributed by atoms with E-state index in [1.54, 1.807) is 0 Å². The summed E-state index contributed by atoms with van der Waals surface area (Å²) in [5, 5.41) is 0. The molecule has 0 aliphatic heterocycles. The van der Waals surface area contributed by atoms with E-state index in [1.165, 1.54) is 25.7 Å². The van der Waals surface area contributed by atoms with Gasteiger partial charge >= 0.3 is 0 Å². The smallest absolute Gasteiger partial charge is 0.117 e. The second-order valence-electron chi connectivity index (χ2n) is 26.4. The van der Waals surface area contributed by atoms with Crippen molar-refractivity contribution in [3.8, 4) is 47.4 Å². The molecule has 0 amide bonds. The van der Waals surface area contributed by atoms with Crippen molar-refractivity contribution in [1.29, 1.82) is 0 Å². The molecule has 712 valence electrons. The monoisotopic (exact) mass is 2150 g/mol. The molecule has 32 heteroatoms. The summed E-state index contributed by atoms with van der Waals surface area (Å²) in [6, 6.07) is 20.4. The van der Waals surface area contributed by atoms with Crippen LogP contribution in [0.1, 0.15) is 209 Å². The maximum atomic E-state index is 6.14. The van der Waals surface area contributed by atoms with E-state index in [0.717, 1.165) is 75.3 Å². The first kappa shape index (κ1) is 135. The van der Waals surface area contributed by atoms with Crippen LogP contribution in [0.4, 0.5) is 0 Å². The van der Waals surface area contributed by atoms with E-state index in [0.29, 0.717) is 58.7 Å². The summed E-state index contributed by atoms with van der Waals surface area (Å²) in [7, 11) is 35.7. The Morgan fingerprint density at radius 3 is 0.883 bits per heavy atom. The lowest BCUT2D eigenvalue weighted by Crippen LogP contribution is -2.18. The van der Waals surface area contributed by atoms with E-state index in [9.17, 15) is 0 Å². The second kappa shape index (κ2) is 107. The Bertz CT molecular complexity index is 3520. The van der Waals surface area contributed by atoms with Crippen LogP contribution < -0.4 is 0 Å². The topological polar surface area (TPSA) is 92.3 Å². The predicted octanol–water partition coefficient (Wildman–Crippen LogP) is 35.3. The largest absolute Gasteiger partial charge is 0.358 e. The number of hydrogen-bond acceptors (Lipinski definition) is 10. The Balaban J connectivity index is -0.000000790. The summed E-state index contributed by atoms with van der Waals surface area (Å²) in [6.07, 6.45) is 89.3. The van der Waals surface area contributed by atoms with Crippen molar-refractivity contribution in [3.63, 3.8) is 0 Å². The minimum absolute atomic E-state index is 0.0261. The highest BCUT2D eigenvalue weighted by molar-refractivity contribution is 8.42. The first-order valence-electron chi connectivity index (χ1n) is 43.3. The van der Waals surface area contributed by atoms with Crippen LogP contribution in [0.15, 0.2) is 279 Å². The lowest BCUT2D eigenvalue weighted by molar-refractivity contribution is 0.112. The fourth-order valence-corrected chi connectivity index (χ4v) is 19.3. The lowest BCUT2D eigenvalue weighted by Gasteiger charge is -2.26. The van der Waals surface area contributed by atoms with Gasteiger partial charge in [-0.3, -0.25) is 0 Å². The van der Waals surface area contributed by atoms with Gasteiger partial charge in [-0.2, -0.15) is 0 Å². The summed E-state index contributed by atoms with van der Waals surface area (Å²) >= 11 is 0. The zero-order chi connectivity index (χ0) is 95.8. The molecule has 0 radical (unpaired) electrons. The fraction of sp³-hybridized carbons (Fsp3) is 0.417. The molecule has 0 saturated heterocycles. The van der Waals surface area contributed by atoms with Gasteiger partial charge in [0.15, 0.2) is 0 Å². The van der Waals surface area contributed by atoms with Crippen molar-refractivity contribution >= 4 is 190 Å². The first-order valence-corrected chi connectivity index (χ1v) is 73.1. The summed E-state index contributed by atoms with van der Waals surface area (Å²) in [5.41, 5.74) is 2.21. The Morgan fingerprint density at radius 2 is 0.594 bits per heavy atom. The molecule has 30 unspecified atom stereocenters. The zero-order valence-corrected chi connectivity index (χ0v) is 101. The average molecular weight is 2150 g/mol. The van der Waals surface area contributed by atoms with Gasteiger partial charge in [0, 0.05) is 78.6 Å². The van der Waals surface area contributed by atoms with E-state index in [-0.39, 0.29) is 61.0 Å². The van der Waals surface area contributed by atoms with Gasteiger partial charge in [0.05, 0.1) is 66.7 Å². The summed E-state index contributed by atoms with van der Waals surface area (Å²) < 4.78 is 58.5. The van der Waals surface area contributed by atoms with Gasteiger partial charge in [0.1, 0.15) is 24.4 Å². The third-order valence-electron chi connectivity index (χ3n) is 16.1. The molecule has 10 nitrogen and oxygen atoms in total.